The lowest BCUT2D eigenvalue weighted by Crippen LogP contribution is -2.27. The quantitative estimate of drug-likeness (QED) is 0.677. The Balaban J connectivity index is 1.92. The van der Waals surface area contributed by atoms with Crippen LogP contribution in [0.1, 0.15) is 40.9 Å². The molecule has 0 atom stereocenters. The molecule has 0 radical (unpaired) electrons. The molecule has 142 valence electrons. The van der Waals surface area contributed by atoms with E-state index in [1.165, 1.54) is 19.2 Å². The smallest absolute Gasteiger partial charge is 0.416 e. The normalized spacial score (nSPS) is 15.0. The molecule has 2 aromatic rings. The fourth-order valence-corrected chi connectivity index (χ4v) is 3.01. The van der Waals surface area contributed by atoms with Crippen LogP contribution in [0.5, 0.6) is 11.5 Å². The number of rotatable bonds is 4. The summed E-state index contributed by atoms with van der Waals surface area (Å²) in [6.45, 7) is 3.82. The summed E-state index contributed by atoms with van der Waals surface area (Å²) in [6.07, 6.45) is -0.912. The van der Waals surface area contributed by atoms with Crippen molar-refractivity contribution in [2.75, 3.05) is 7.11 Å². The van der Waals surface area contributed by atoms with Crippen molar-refractivity contribution in [1.29, 1.82) is 0 Å². The third-order valence-electron chi connectivity index (χ3n) is 4.30. The van der Waals surface area contributed by atoms with E-state index in [1.807, 2.05) is 26.0 Å². The number of benzene rings is 2. The van der Waals surface area contributed by atoms with E-state index in [0.29, 0.717) is 28.2 Å². The van der Waals surface area contributed by atoms with Gasteiger partial charge < -0.3 is 9.47 Å². The maximum atomic E-state index is 12.9. The molecule has 27 heavy (non-hydrogen) atoms. The summed E-state index contributed by atoms with van der Waals surface area (Å²) in [4.78, 5) is 12.7. The van der Waals surface area contributed by atoms with Gasteiger partial charge in [0.1, 0.15) is 17.1 Å². The van der Waals surface area contributed by atoms with E-state index in [2.05, 4.69) is 0 Å². The molecule has 1 aliphatic heterocycles. The number of Topliss-reactive ketones (excluding diaryl/α,β-unsaturated/α-hetero) is 1. The van der Waals surface area contributed by atoms with Gasteiger partial charge >= 0.3 is 6.18 Å². The summed E-state index contributed by atoms with van der Waals surface area (Å²) in [5.41, 5.74) is 0.00122. The number of hydrogen-bond acceptors (Lipinski definition) is 3. The average Bonchev–Trinajstić information content (AvgIpc) is 2.59. The topological polar surface area (TPSA) is 35.5 Å². The Kier molecular flexibility index (Phi) is 4.76. The Morgan fingerprint density at radius 3 is 2.59 bits per heavy atom. The molecule has 0 aromatic heterocycles. The van der Waals surface area contributed by atoms with E-state index in [-0.39, 0.29) is 12.2 Å². The first-order valence-electron chi connectivity index (χ1n) is 8.39. The third-order valence-corrected chi connectivity index (χ3v) is 4.30. The van der Waals surface area contributed by atoms with Crippen molar-refractivity contribution < 1.29 is 27.4 Å². The Morgan fingerprint density at radius 2 is 1.93 bits per heavy atom. The molecule has 1 heterocycles. The average molecular weight is 376 g/mol. The van der Waals surface area contributed by atoms with Crippen molar-refractivity contribution in [1.82, 2.24) is 0 Å². The van der Waals surface area contributed by atoms with Gasteiger partial charge in [-0.25, -0.2) is 0 Å². The molecule has 2 aromatic carbocycles. The highest BCUT2D eigenvalue weighted by atomic mass is 19.4. The van der Waals surface area contributed by atoms with Crippen LogP contribution in [0.15, 0.2) is 42.5 Å². The van der Waals surface area contributed by atoms with Gasteiger partial charge in [0.05, 0.1) is 23.8 Å². The molecule has 0 spiro atoms. The van der Waals surface area contributed by atoms with Gasteiger partial charge in [0.25, 0.3) is 0 Å². The van der Waals surface area contributed by atoms with Gasteiger partial charge in [0.15, 0.2) is 5.78 Å². The highest BCUT2D eigenvalue weighted by Crippen LogP contribution is 2.39. The monoisotopic (exact) mass is 376 g/mol. The number of ketones is 1. The van der Waals surface area contributed by atoms with Crippen LogP contribution < -0.4 is 9.47 Å². The van der Waals surface area contributed by atoms with Crippen LogP contribution in [0.25, 0.3) is 6.08 Å². The molecule has 0 N–H and O–H groups in total. The SMILES string of the molecule is COc1c(C(=O)Cc2cccc(C(F)(F)F)c2)ccc2c1C=CC(C)(C)O2. The standard InChI is InChI=1S/C21H19F3O3/c1-20(2)10-9-16-18(27-20)8-7-15(19(16)26-3)17(25)12-13-5-4-6-14(11-13)21(22,23)24/h4-11H,12H2,1-3H3. The summed E-state index contributed by atoms with van der Waals surface area (Å²) in [5, 5.41) is 0. The first kappa shape index (κ1) is 19.0. The molecule has 1 aliphatic rings. The molecule has 3 rings (SSSR count). The lowest BCUT2D eigenvalue weighted by Gasteiger charge is -2.29. The number of ether oxygens (including phenoxy) is 2. The zero-order chi connectivity index (χ0) is 19.8. The summed E-state index contributed by atoms with van der Waals surface area (Å²) < 4.78 is 49.9. The molecule has 0 aliphatic carbocycles. The number of alkyl halides is 3. The Bertz CT molecular complexity index is 911. The van der Waals surface area contributed by atoms with E-state index in [1.54, 1.807) is 12.1 Å². The lowest BCUT2D eigenvalue weighted by atomic mass is 9.95. The van der Waals surface area contributed by atoms with Crippen LogP contribution in [0, 0.1) is 0 Å². The van der Waals surface area contributed by atoms with Crippen molar-refractivity contribution in [3.8, 4) is 11.5 Å². The maximum absolute atomic E-state index is 12.9. The Hall–Kier alpha value is -2.76. The number of fused-ring (bicyclic) bond motifs is 1. The van der Waals surface area contributed by atoms with Crippen LogP contribution in [0.4, 0.5) is 13.2 Å². The first-order chi connectivity index (χ1) is 12.6. The molecule has 0 unspecified atom stereocenters. The van der Waals surface area contributed by atoms with E-state index >= 15 is 0 Å². The van der Waals surface area contributed by atoms with Crippen molar-refractivity contribution in [2.24, 2.45) is 0 Å². The van der Waals surface area contributed by atoms with Crippen LogP contribution in [-0.4, -0.2) is 18.5 Å². The van der Waals surface area contributed by atoms with Crippen molar-refractivity contribution in [2.45, 2.75) is 32.0 Å². The van der Waals surface area contributed by atoms with Crippen molar-refractivity contribution >= 4 is 11.9 Å². The van der Waals surface area contributed by atoms with Crippen molar-refractivity contribution in [3.05, 3.63) is 64.7 Å². The van der Waals surface area contributed by atoms with Gasteiger partial charge in [-0.2, -0.15) is 13.2 Å². The molecule has 0 bridgehead atoms. The minimum Gasteiger partial charge on any atom is -0.495 e. The Labute approximate surface area is 155 Å². The zero-order valence-corrected chi connectivity index (χ0v) is 15.2. The fraction of sp³-hybridized carbons (Fsp3) is 0.286. The molecule has 0 saturated heterocycles. The molecule has 6 heteroatoms. The minimum absolute atomic E-state index is 0.158. The maximum Gasteiger partial charge on any atom is 0.416 e. The lowest BCUT2D eigenvalue weighted by molar-refractivity contribution is -0.137. The van der Waals surface area contributed by atoms with E-state index in [0.717, 1.165) is 12.1 Å². The number of halogens is 3. The number of carbonyl (C=O) groups is 1. The summed E-state index contributed by atoms with van der Waals surface area (Å²) in [5.74, 6) is 0.624. The van der Waals surface area contributed by atoms with Crippen LogP contribution in [-0.2, 0) is 12.6 Å². The number of carbonyl (C=O) groups excluding carboxylic acids is 1. The van der Waals surface area contributed by atoms with Gasteiger partial charge in [-0.3, -0.25) is 4.79 Å². The molecule has 0 fully saturated rings. The summed E-state index contributed by atoms with van der Waals surface area (Å²) in [6, 6.07) is 8.05. The molecule has 0 amide bonds. The van der Waals surface area contributed by atoms with E-state index in [4.69, 9.17) is 9.47 Å². The van der Waals surface area contributed by atoms with Crippen LogP contribution in [0.2, 0.25) is 0 Å². The van der Waals surface area contributed by atoms with Gasteiger partial charge in [0, 0.05) is 6.42 Å². The second-order valence-corrected chi connectivity index (χ2v) is 6.90. The van der Waals surface area contributed by atoms with Gasteiger partial charge in [0.2, 0.25) is 0 Å². The highest BCUT2D eigenvalue weighted by Gasteiger charge is 2.31. The second-order valence-electron chi connectivity index (χ2n) is 6.90. The molecule has 3 nitrogen and oxygen atoms in total. The van der Waals surface area contributed by atoms with E-state index < -0.39 is 17.3 Å². The minimum atomic E-state index is -4.45. The first-order valence-corrected chi connectivity index (χ1v) is 8.39. The summed E-state index contributed by atoms with van der Waals surface area (Å²) in [7, 11) is 1.45. The van der Waals surface area contributed by atoms with Gasteiger partial charge in [-0.15, -0.1) is 0 Å². The third kappa shape index (κ3) is 3.99. The fourth-order valence-electron chi connectivity index (χ4n) is 3.01. The molecular weight excluding hydrogens is 357 g/mol. The van der Waals surface area contributed by atoms with Crippen LogP contribution in [0.3, 0.4) is 0 Å². The number of hydrogen-bond donors (Lipinski definition) is 0. The zero-order valence-electron chi connectivity index (χ0n) is 15.2. The van der Waals surface area contributed by atoms with Gasteiger partial charge in [-0.05, 0) is 49.8 Å². The molecule has 0 saturated carbocycles. The Morgan fingerprint density at radius 1 is 1.19 bits per heavy atom. The van der Waals surface area contributed by atoms with E-state index in [9.17, 15) is 18.0 Å². The summed E-state index contributed by atoms with van der Waals surface area (Å²) >= 11 is 0. The molecular formula is C21H19F3O3. The largest absolute Gasteiger partial charge is 0.495 e. The predicted octanol–water partition coefficient (Wildman–Crippen LogP) is 5.32. The predicted molar refractivity (Wildman–Crippen MR) is 96.2 cm³/mol. The second kappa shape index (κ2) is 6.76. The van der Waals surface area contributed by atoms with Gasteiger partial charge in [-0.1, -0.05) is 18.2 Å². The van der Waals surface area contributed by atoms with Crippen molar-refractivity contribution in [3.63, 3.8) is 0 Å². The van der Waals surface area contributed by atoms with Crippen LogP contribution >= 0.6 is 0 Å². The highest BCUT2D eigenvalue weighted by molar-refractivity contribution is 6.01. The number of methoxy groups -OCH3 is 1.